The summed E-state index contributed by atoms with van der Waals surface area (Å²) in [6, 6.07) is 7.13. The fourth-order valence-electron chi connectivity index (χ4n) is 1.28. The van der Waals surface area contributed by atoms with Gasteiger partial charge >= 0.3 is 6.18 Å². The largest absolute Gasteiger partial charge is 0.467 e. The molecular formula is C11H9F3N2O. The van der Waals surface area contributed by atoms with Crippen molar-refractivity contribution in [1.29, 1.82) is 0 Å². The summed E-state index contributed by atoms with van der Waals surface area (Å²) >= 11 is 0. The minimum absolute atomic E-state index is 0.163. The van der Waals surface area contributed by atoms with Gasteiger partial charge in [0, 0.05) is 0 Å². The summed E-state index contributed by atoms with van der Waals surface area (Å²) in [4.78, 5) is 3.47. The van der Waals surface area contributed by atoms with E-state index in [1.54, 1.807) is 12.1 Å². The lowest BCUT2D eigenvalue weighted by Crippen LogP contribution is -2.10. The third kappa shape index (κ3) is 2.99. The molecular weight excluding hydrogens is 233 g/mol. The van der Waals surface area contributed by atoms with Crippen molar-refractivity contribution in [2.24, 2.45) is 0 Å². The van der Waals surface area contributed by atoms with Crippen LogP contribution in [0.1, 0.15) is 11.5 Å². The van der Waals surface area contributed by atoms with Crippen molar-refractivity contribution in [3.63, 3.8) is 0 Å². The molecule has 0 atom stereocenters. The topological polar surface area (TPSA) is 38.1 Å². The molecule has 3 nitrogen and oxygen atoms in total. The number of alkyl halides is 3. The monoisotopic (exact) mass is 242 g/mol. The standard InChI is InChI=1S/C11H9F3N2O/c12-11(13,14)9-4-1-5-10(16-9)15-7-8-3-2-6-17-8/h1-6H,7H2,(H,15,16). The van der Waals surface area contributed by atoms with Gasteiger partial charge in [-0.25, -0.2) is 4.98 Å². The van der Waals surface area contributed by atoms with Crippen LogP contribution in [0.2, 0.25) is 0 Å². The normalized spacial score (nSPS) is 11.5. The highest BCUT2D eigenvalue weighted by molar-refractivity contribution is 5.36. The van der Waals surface area contributed by atoms with Gasteiger partial charge < -0.3 is 9.73 Å². The molecule has 1 N–H and O–H groups in total. The molecule has 0 bridgehead atoms. The number of aromatic nitrogens is 1. The van der Waals surface area contributed by atoms with Gasteiger partial charge in [0.2, 0.25) is 0 Å². The Morgan fingerprint density at radius 2 is 2.00 bits per heavy atom. The number of rotatable bonds is 3. The van der Waals surface area contributed by atoms with Crippen LogP contribution < -0.4 is 5.32 Å². The fraction of sp³-hybridized carbons (Fsp3) is 0.182. The summed E-state index contributed by atoms with van der Waals surface area (Å²) in [6.45, 7) is 0.293. The quantitative estimate of drug-likeness (QED) is 0.897. The molecule has 2 rings (SSSR count). The number of furan rings is 1. The van der Waals surface area contributed by atoms with E-state index in [4.69, 9.17) is 4.42 Å². The molecule has 0 saturated heterocycles. The predicted octanol–water partition coefficient (Wildman–Crippen LogP) is 3.31. The van der Waals surface area contributed by atoms with E-state index in [0.29, 0.717) is 12.3 Å². The van der Waals surface area contributed by atoms with Crippen molar-refractivity contribution in [3.8, 4) is 0 Å². The van der Waals surface area contributed by atoms with Crippen LogP contribution in [0.25, 0.3) is 0 Å². The molecule has 2 aromatic heterocycles. The Labute approximate surface area is 95.3 Å². The van der Waals surface area contributed by atoms with Gasteiger partial charge in [-0.3, -0.25) is 0 Å². The SMILES string of the molecule is FC(F)(F)c1cccc(NCc2ccco2)n1. The van der Waals surface area contributed by atoms with Crippen LogP contribution in [-0.4, -0.2) is 4.98 Å². The molecule has 0 fully saturated rings. The average molecular weight is 242 g/mol. The van der Waals surface area contributed by atoms with E-state index < -0.39 is 11.9 Å². The van der Waals surface area contributed by atoms with Gasteiger partial charge in [-0.15, -0.1) is 0 Å². The van der Waals surface area contributed by atoms with Crippen molar-refractivity contribution in [2.45, 2.75) is 12.7 Å². The number of hydrogen-bond donors (Lipinski definition) is 1. The highest BCUT2D eigenvalue weighted by Crippen LogP contribution is 2.28. The molecule has 90 valence electrons. The maximum atomic E-state index is 12.4. The molecule has 0 aromatic carbocycles. The number of halogens is 3. The zero-order chi connectivity index (χ0) is 12.3. The fourth-order valence-corrected chi connectivity index (χ4v) is 1.28. The third-order valence-corrected chi connectivity index (χ3v) is 2.06. The predicted molar refractivity (Wildman–Crippen MR) is 55.3 cm³/mol. The third-order valence-electron chi connectivity index (χ3n) is 2.06. The first-order chi connectivity index (χ1) is 8.05. The highest BCUT2D eigenvalue weighted by Gasteiger charge is 2.32. The first-order valence-electron chi connectivity index (χ1n) is 4.86. The van der Waals surface area contributed by atoms with Crippen molar-refractivity contribution in [1.82, 2.24) is 4.98 Å². The van der Waals surface area contributed by atoms with Gasteiger partial charge in [-0.2, -0.15) is 13.2 Å². The van der Waals surface area contributed by atoms with Gasteiger partial charge in [0.1, 0.15) is 17.3 Å². The summed E-state index contributed by atoms with van der Waals surface area (Å²) in [5, 5.41) is 2.75. The van der Waals surface area contributed by atoms with E-state index in [1.807, 2.05) is 0 Å². The molecule has 0 radical (unpaired) electrons. The molecule has 0 aliphatic rings. The van der Waals surface area contributed by atoms with Crippen LogP contribution in [0.4, 0.5) is 19.0 Å². The van der Waals surface area contributed by atoms with Gasteiger partial charge in [-0.05, 0) is 24.3 Å². The molecule has 0 aliphatic carbocycles. The van der Waals surface area contributed by atoms with Gasteiger partial charge in [0.05, 0.1) is 12.8 Å². The van der Waals surface area contributed by atoms with Crippen LogP contribution >= 0.6 is 0 Å². The smallest absolute Gasteiger partial charge is 0.433 e. The summed E-state index contributed by atoms with van der Waals surface area (Å²) in [6.07, 6.45) is -2.93. The van der Waals surface area contributed by atoms with Crippen molar-refractivity contribution in [2.75, 3.05) is 5.32 Å². The highest BCUT2D eigenvalue weighted by atomic mass is 19.4. The van der Waals surface area contributed by atoms with E-state index in [2.05, 4.69) is 10.3 Å². The Morgan fingerprint density at radius 1 is 1.18 bits per heavy atom. The minimum Gasteiger partial charge on any atom is -0.467 e. The lowest BCUT2D eigenvalue weighted by molar-refractivity contribution is -0.141. The van der Waals surface area contributed by atoms with E-state index in [9.17, 15) is 13.2 Å². The van der Waals surface area contributed by atoms with Gasteiger partial charge in [-0.1, -0.05) is 6.07 Å². The van der Waals surface area contributed by atoms with Crippen molar-refractivity contribution >= 4 is 5.82 Å². The maximum absolute atomic E-state index is 12.4. The lowest BCUT2D eigenvalue weighted by atomic mass is 10.3. The molecule has 0 amide bonds. The second kappa shape index (κ2) is 4.48. The maximum Gasteiger partial charge on any atom is 0.433 e. The van der Waals surface area contributed by atoms with E-state index >= 15 is 0 Å². The van der Waals surface area contributed by atoms with Crippen molar-refractivity contribution < 1.29 is 17.6 Å². The summed E-state index contributed by atoms with van der Waals surface area (Å²) in [5.74, 6) is 0.792. The Hall–Kier alpha value is -1.98. The number of nitrogens with one attached hydrogen (secondary N) is 1. The average Bonchev–Trinajstić information content (AvgIpc) is 2.78. The van der Waals surface area contributed by atoms with E-state index in [1.165, 1.54) is 18.4 Å². The van der Waals surface area contributed by atoms with Gasteiger partial charge in [0.15, 0.2) is 0 Å². The summed E-state index contributed by atoms with van der Waals surface area (Å²) in [7, 11) is 0. The van der Waals surface area contributed by atoms with Crippen molar-refractivity contribution in [3.05, 3.63) is 48.0 Å². The zero-order valence-electron chi connectivity index (χ0n) is 8.66. The Kier molecular flexibility index (Phi) is 3.03. The molecule has 0 unspecified atom stereocenters. The second-order valence-electron chi connectivity index (χ2n) is 3.34. The number of anilines is 1. The lowest BCUT2D eigenvalue weighted by Gasteiger charge is -2.08. The second-order valence-corrected chi connectivity index (χ2v) is 3.34. The molecule has 0 spiro atoms. The summed E-state index contributed by atoms with van der Waals surface area (Å²) < 4.78 is 42.2. The van der Waals surface area contributed by atoms with Crippen LogP contribution in [0.15, 0.2) is 41.0 Å². The Balaban J connectivity index is 2.07. The van der Waals surface area contributed by atoms with Crippen LogP contribution in [0, 0.1) is 0 Å². The molecule has 0 saturated carbocycles. The van der Waals surface area contributed by atoms with E-state index in [0.717, 1.165) is 6.07 Å². The summed E-state index contributed by atoms with van der Waals surface area (Å²) in [5.41, 5.74) is -0.915. The zero-order valence-corrected chi connectivity index (χ0v) is 8.66. The Bertz CT molecular complexity index is 480. The van der Waals surface area contributed by atoms with E-state index in [-0.39, 0.29) is 5.82 Å². The van der Waals surface area contributed by atoms with Gasteiger partial charge in [0.25, 0.3) is 0 Å². The number of hydrogen-bond acceptors (Lipinski definition) is 3. The van der Waals surface area contributed by atoms with Crippen LogP contribution in [0.3, 0.4) is 0 Å². The number of pyridine rings is 1. The first kappa shape index (κ1) is 11.5. The molecule has 0 aliphatic heterocycles. The first-order valence-corrected chi connectivity index (χ1v) is 4.86. The Morgan fingerprint density at radius 3 is 2.65 bits per heavy atom. The minimum atomic E-state index is -4.43. The van der Waals surface area contributed by atoms with Crippen LogP contribution in [-0.2, 0) is 12.7 Å². The molecule has 2 aromatic rings. The molecule has 6 heteroatoms. The van der Waals surface area contributed by atoms with Crippen LogP contribution in [0.5, 0.6) is 0 Å². The molecule has 2 heterocycles. The molecule has 17 heavy (non-hydrogen) atoms. The number of nitrogens with zero attached hydrogens (tertiary/aromatic N) is 1.